The van der Waals surface area contributed by atoms with E-state index in [-0.39, 0.29) is 12.3 Å². The van der Waals surface area contributed by atoms with Crippen LogP contribution in [0.2, 0.25) is 0 Å². The first-order chi connectivity index (χ1) is 8.60. The van der Waals surface area contributed by atoms with Crippen molar-refractivity contribution in [2.75, 3.05) is 0 Å². The van der Waals surface area contributed by atoms with Gasteiger partial charge < -0.3 is 5.11 Å². The highest BCUT2D eigenvalue weighted by Gasteiger charge is 2.38. The van der Waals surface area contributed by atoms with Gasteiger partial charge in [-0.3, -0.25) is 20.4 Å². The molecule has 18 heavy (non-hydrogen) atoms. The Bertz CT molecular complexity index is 425. The zero-order chi connectivity index (χ0) is 13.0. The number of amides is 2. The number of nitrogens with one attached hydrogen (secondary N) is 2. The van der Waals surface area contributed by atoms with Crippen LogP contribution in [-0.2, 0) is 16.0 Å². The Labute approximate surface area is 109 Å². The van der Waals surface area contributed by atoms with Gasteiger partial charge in [0.05, 0.1) is 6.42 Å². The Hall–Kier alpha value is -1.40. The minimum absolute atomic E-state index is 0.224. The van der Waals surface area contributed by atoms with Crippen LogP contribution in [0.3, 0.4) is 0 Å². The number of thiophene rings is 1. The van der Waals surface area contributed by atoms with E-state index >= 15 is 0 Å². The van der Waals surface area contributed by atoms with Gasteiger partial charge in [-0.15, -0.1) is 0 Å². The highest BCUT2D eigenvalue weighted by molar-refractivity contribution is 7.07. The first kappa shape index (κ1) is 13.0. The number of hydrazine groups is 1. The van der Waals surface area contributed by atoms with Crippen molar-refractivity contribution in [2.45, 2.75) is 37.7 Å². The van der Waals surface area contributed by atoms with E-state index in [2.05, 4.69) is 10.9 Å². The molecule has 0 aromatic carbocycles. The standard InChI is InChI=1S/C12H16N2O3S/c15-10(7-9-3-6-18-8-9)13-14-11(16)12(17)4-1-2-5-12/h3,6,8,17H,1-2,4-5,7H2,(H,13,15)(H,14,16). The fourth-order valence-electron chi connectivity index (χ4n) is 2.05. The highest BCUT2D eigenvalue weighted by atomic mass is 32.1. The Morgan fingerprint density at radius 3 is 2.67 bits per heavy atom. The van der Waals surface area contributed by atoms with Crippen molar-refractivity contribution in [3.63, 3.8) is 0 Å². The fraction of sp³-hybridized carbons (Fsp3) is 0.500. The van der Waals surface area contributed by atoms with Crippen molar-refractivity contribution in [3.8, 4) is 0 Å². The van der Waals surface area contributed by atoms with E-state index in [1.807, 2.05) is 16.8 Å². The smallest absolute Gasteiger partial charge is 0.270 e. The molecule has 1 saturated carbocycles. The lowest BCUT2D eigenvalue weighted by Gasteiger charge is -2.20. The maximum atomic E-state index is 11.7. The summed E-state index contributed by atoms with van der Waals surface area (Å²) in [6.07, 6.45) is 2.82. The summed E-state index contributed by atoms with van der Waals surface area (Å²) >= 11 is 1.52. The second-order valence-corrected chi connectivity index (χ2v) is 5.33. The van der Waals surface area contributed by atoms with Gasteiger partial charge in [0.2, 0.25) is 5.91 Å². The second kappa shape index (κ2) is 5.49. The van der Waals surface area contributed by atoms with Gasteiger partial charge in [0.1, 0.15) is 5.60 Å². The van der Waals surface area contributed by atoms with Gasteiger partial charge in [0, 0.05) is 0 Å². The summed E-state index contributed by atoms with van der Waals surface area (Å²) in [5.41, 5.74) is 4.22. The summed E-state index contributed by atoms with van der Waals surface area (Å²) in [6, 6.07) is 1.86. The molecule has 1 aliphatic carbocycles. The van der Waals surface area contributed by atoms with E-state index in [1.54, 1.807) is 0 Å². The van der Waals surface area contributed by atoms with Crippen LogP contribution in [0.5, 0.6) is 0 Å². The molecule has 3 N–H and O–H groups in total. The molecule has 0 saturated heterocycles. The van der Waals surface area contributed by atoms with Crippen molar-refractivity contribution in [3.05, 3.63) is 22.4 Å². The van der Waals surface area contributed by atoms with Gasteiger partial charge in [0.15, 0.2) is 0 Å². The van der Waals surface area contributed by atoms with E-state index in [4.69, 9.17) is 0 Å². The van der Waals surface area contributed by atoms with Crippen LogP contribution < -0.4 is 10.9 Å². The number of hydrogen-bond donors (Lipinski definition) is 3. The number of rotatable bonds is 3. The molecular formula is C12H16N2O3S. The zero-order valence-electron chi connectivity index (χ0n) is 9.94. The van der Waals surface area contributed by atoms with Crippen LogP contribution in [-0.4, -0.2) is 22.5 Å². The molecular weight excluding hydrogens is 252 g/mol. The molecule has 1 aliphatic rings. The van der Waals surface area contributed by atoms with Gasteiger partial charge in [-0.1, -0.05) is 0 Å². The Morgan fingerprint density at radius 2 is 2.06 bits per heavy atom. The highest BCUT2D eigenvalue weighted by Crippen LogP contribution is 2.29. The predicted octanol–water partition coefficient (Wildman–Crippen LogP) is 0.743. The van der Waals surface area contributed by atoms with Gasteiger partial charge in [-0.2, -0.15) is 11.3 Å². The third-order valence-corrected chi connectivity index (χ3v) is 3.85. The van der Waals surface area contributed by atoms with E-state index in [0.29, 0.717) is 12.8 Å². The molecule has 0 aliphatic heterocycles. The summed E-state index contributed by atoms with van der Waals surface area (Å²) in [4.78, 5) is 23.2. The number of carbonyl (C=O) groups is 2. The van der Waals surface area contributed by atoms with Crippen molar-refractivity contribution in [2.24, 2.45) is 0 Å². The molecule has 0 spiro atoms. The maximum absolute atomic E-state index is 11.7. The Kier molecular flexibility index (Phi) is 3.98. The van der Waals surface area contributed by atoms with Crippen LogP contribution in [0.1, 0.15) is 31.2 Å². The normalized spacial score (nSPS) is 17.4. The molecule has 1 aromatic heterocycles. The van der Waals surface area contributed by atoms with Crippen LogP contribution >= 0.6 is 11.3 Å². The first-order valence-corrected chi connectivity index (χ1v) is 6.87. The minimum Gasteiger partial charge on any atom is -0.380 e. The monoisotopic (exact) mass is 268 g/mol. The average Bonchev–Trinajstić information content (AvgIpc) is 2.98. The van der Waals surface area contributed by atoms with Crippen molar-refractivity contribution in [1.82, 2.24) is 10.9 Å². The third kappa shape index (κ3) is 3.08. The van der Waals surface area contributed by atoms with Crippen LogP contribution in [0.25, 0.3) is 0 Å². The number of hydrogen-bond acceptors (Lipinski definition) is 4. The maximum Gasteiger partial charge on any atom is 0.270 e. The summed E-state index contributed by atoms with van der Waals surface area (Å²) in [5, 5.41) is 13.7. The fourth-order valence-corrected chi connectivity index (χ4v) is 2.72. The molecule has 1 heterocycles. The molecule has 0 unspecified atom stereocenters. The summed E-state index contributed by atoms with van der Waals surface area (Å²) < 4.78 is 0. The molecule has 2 rings (SSSR count). The third-order valence-electron chi connectivity index (χ3n) is 3.11. The van der Waals surface area contributed by atoms with E-state index < -0.39 is 11.5 Å². The summed E-state index contributed by atoms with van der Waals surface area (Å²) in [5.74, 6) is -0.804. The Balaban J connectivity index is 1.77. The topological polar surface area (TPSA) is 78.4 Å². The van der Waals surface area contributed by atoms with E-state index in [0.717, 1.165) is 18.4 Å². The second-order valence-electron chi connectivity index (χ2n) is 4.55. The summed E-state index contributed by atoms with van der Waals surface area (Å²) in [6.45, 7) is 0. The van der Waals surface area contributed by atoms with Crippen LogP contribution in [0, 0.1) is 0 Å². The van der Waals surface area contributed by atoms with Crippen LogP contribution in [0.4, 0.5) is 0 Å². The molecule has 2 amide bonds. The van der Waals surface area contributed by atoms with Crippen molar-refractivity contribution >= 4 is 23.2 Å². The predicted molar refractivity (Wildman–Crippen MR) is 67.7 cm³/mol. The largest absolute Gasteiger partial charge is 0.380 e. The lowest BCUT2D eigenvalue weighted by molar-refractivity contribution is -0.142. The zero-order valence-corrected chi connectivity index (χ0v) is 10.8. The van der Waals surface area contributed by atoms with Gasteiger partial charge in [-0.25, -0.2) is 0 Å². The van der Waals surface area contributed by atoms with Crippen molar-refractivity contribution in [1.29, 1.82) is 0 Å². The average molecular weight is 268 g/mol. The molecule has 0 radical (unpaired) electrons. The molecule has 1 aromatic rings. The van der Waals surface area contributed by atoms with E-state index in [9.17, 15) is 14.7 Å². The lowest BCUT2D eigenvalue weighted by atomic mass is 10.0. The van der Waals surface area contributed by atoms with E-state index in [1.165, 1.54) is 11.3 Å². The number of carbonyl (C=O) groups excluding carboxylic acids is 2. The molecule has 0 atom stereocenters. The van der Waals surface area contributed by atoms with Gasteiger partial charge in [-0.05, 0) is 48.1 Å². The molecule has 1 fully saturated rings. The molecule has 0 bridgehead atoms. The first-order valence-electron chi connectivity index (χ1n) is 5.93. The molecule has 6 heteroatoms. The van der Waals surface area contributed by atoms with Crippen LogP contribution in [0.15, 0.2) is 16.8 Å². The quantitative estimate of drug-likeness (QED) is 0.708. The minimum atomic E-state index is -1.31. The Morgan fingerprint density at radius 1 is 1.33 bits per heavy atom. The lowest BCUT2D eigenvalue weighted by Crippen LogP contribution is -2.52. The van der Waals surface area contributed by atoms with Crippen molar-refractivity contribution < 1.29 is 14.7 Å². The molecule has 98 valence electrons. The number of aliphatic hydroxyl groups is 1. The van der Waals surface area contributed by atoms with Gasteiger partial charge >= 0.3 is 0 Å². The van der Waals surface area contributed by atoms with Gasteiger partial charge in [0.25, 0.3) is 5.91 Å². The summed E-state index contributed by atoms with van der Waals surface area (Å²) in [7, 11) is 0. The SMILES string of the molecule is O=C(Cc1ccsc1)NNC(=O)C1(O)CCCC1. The molecule has 5 nitrogen and oxygen atoms in total.